The molecule has 2 rings (SSSR count). The van der Waals surface area contributed by atoms with Crippen LogP contribution in [0.15, 0.2) is 58.5 Å². The molecular formula is C14H9Cl2N3O2S. The molecular weight excluding hydrogens is 345 g/mol. The van der Waals surface area contributed by atoms with Gasteiger partial charge in [0.25, 0.3) is 5.04 Å². The van der Waals surface area contributed by atoms with Gasteiger partial charge in [-0.15, -0.1) is 0 Å². The standard InChI is InChI=1S/C14H9Cl2N3O2S/c15-10-1-5-12(6-2-10)18-19-14(9-17)22(20,21)13-7-3-11(16)4-8-13/h1-8,18H. The van der Waals surface area contributed by atoms with E-state index in [9.17, 15) is 8.42 Å². The lowest BCUT2D eigenvalue weighted by atomic mass is 10.3. The van der Waals surface area contributed by atoms with Crippen LogP contribution in [0.5, 0.6) is 0 Å². The normalized spacial score (nSPS) is 11.8. The van der Waals surface area contributed by atoms with E-state index in [-0.39, 0.29) is 4.90 Å². The molecule has 8 heteroatoms. The fraction of sp³-hybridized carbons (Fsp3) is 0. The summed E-state index contributed by atoms with van der Waals surface area (Å²) in [5.41, 5.74) is 3.01. The van der Waals surface area contributed by atoms with Crippen molar-refractivity contribution < 1.29 is 8.42 Å². The molecule has 22 heavy (non-hydrogen) atoms. The van der Waals surface area contributed by atoms with Crippen LogP contribution >= 0.6 is 23.2 Å². The summed E-state index contributed by atoms with van der Waals surface area (Å²) < 4.78 is 24.6. The third-order valence-corrected chi connectivity index (χ3v) is 4.69. The summed E-state index contributed by atoms with van der Waals surface area (Å²) in [7, 11) is -4.00. The van der Waals surface area contributed by atoms with Gasteiger partial charge in [0.05, 0.1) is 10.6 Å². The van der Waals surface area contributed by atoms with E-state index < -0.39 is 14.9 Å². The van der Waals surface area contributed by atoms with Crippen LogP contribution in [0.2, 0.25) is 10.0 Å². The molecule has 0 saturated carbocycles. The van der Waals surface area contributed by atoms with Crippen molar-refractivity contribution in [1.82, 2.24) is 0 Å². The van der Waals surface area contributed by atoms with Crippen LogP contribution in [-0.4, -0.2) is 13.5 Å². The number of rotatable bonds is 3. The molecule has 5 nitrogen and oxygen atoms in total. The molecule has 0 radical (unpaired) electrons. The molecule has 0 aliphatic rings. The Hall–Kier alpha value is -2.07. The van der Waals surface area contributed by atoms with Crippen LogP contribution < -0.4 is 5.43 Å². The molecule has 0 aliphatic heterocycles. The zero-order chi connectivity index (χ0) is 16.2. The van der Waals surface area contributed by atoms with E-state index in [1.807, 2.05) is 0 Å². The first-order valence-electron chi connectivity index (χ1n) is 5.93. The SMILES string of the molecule is N#CC(=NNc1ccc(Cl)cc1)S(=O)(=O)c1ccc(Cl)cc1. The number of nitrogens with zero attached hydrogens (tertiary/aromatic N) is 2. The summed E-state index contributed by atoms with van der Waals surface area (Å²) in [6.45, 7) is 0. The minimum absolute atomic E-state index is 0.0601. The van der Waals surface area contributed by atoms with Crippen LogP contribution in [0, 0.1) is 11.3 Å². The van der Waals surface area contributed by atoms with Crippen molar-refractivity contribution in [3.63, 3.8) is 0 Å². The van der Waals surface area contributed by atoms with Crippen LogP contribution in [0.3, 0.4) is 0 Å². The van der Waals surface area contributed by atoms with Gasteiger partial charge in [-0.3, -0.25) is 5.43 Å². The number of anilines is 1. The molecule has 0 fully saturated rings. The number of hydrazone groups is 1. The number of sulfone groups is 1. The quantitative estimate of drug-likeness (QED) is 0.517. The third kappa shape index (κ3) is 3.77. The van der Waals surface area contributed by atoms with Crippen LogP contribution in [0.25, 0.3) is 0 Å². The number of hydrogen-bond donors (Lipinski definition) is 1. The van der Waals surface area contributed by atoms with Crippen molar-refractivity contribution in [3.8, 4) is 6.07 Å². The minimum atomic E-state index is -4.00. The second-order valence-corrected chi connectivity index (χ2v) is 6.84. The highest BCUT2D eigenvalue weighted by molar-refractivity contribution is 8.07. The van der Waals surface area contributed by atoms with Gasteiger partial charge in [-0.05, 0) is 48.5 Å². The molecule has 0 unspecified atom stereocenters. The van der Waals surface area contributed by atoms with E-state index in [2.05, 4.69) is 10.5 Å². The molecule has 1 N–H and O–H groups in total. The molecule has 0 heterocycles. The lowest BCUT2D eigenvalue weighted by molar-refractivity contribution is 0.607. The van der Waals surface area contributed by atoms with Crippen molar-refractivity contribution in [3.05, 3.63) is 58.6 Å². The Morgan fingerprint density at radius 2 is 1.50 bits per heavy atom. The second kappa shape index (κ2) is 6.79. The van der Waals surface area contributed by atoms with Crippen LogP contribution in [-0.2, 0) is 9.84 Å². The molecule has 0 aliphatic carbocycles. The van der Waals surface area contributed by atoms with Crippen LogP contribution in [0.1, 0.15) is 0 Å². The Kier molecular flexibility index (Phi) is 5.03. The van der Waals surface area contributed by atoms with E-state index in [1.54, 1.807) is 30.3 Å². The Balaban J connectivity index is 2.30. The zero-order valence-electron chi connectivity index (χ0n) is 11.0. The maximum atomic E-state index is 12.3. The van der Waals surface area contributed by atoms with Gasteiger partial charge < -0.3 is 0 Å². The summed E-state index contributed by atoms with van der Waals surface area (Å²) in [6, 6.07) is 13.5. The first-order chi connectivity index (χ1) is 10.4. The topological polar surface area (TPSA) is 82.3 Å². The first kappa shape index (κ1) is 16.3. The van der Waals surface area contributed by atoms with Crippen molar-refractivity contribution in [2.75, 3.05) is 5.43 Å². The fourth-order valence-electron chi connectivity index (χ4n) is 1.51. The average Bonchev–Trinajstić information content (AvgIpc) is 2.50. The molecule has 0 bridgehead atoms. The number of hydrogen-bond acceptors (Lipinski definition) is 5. The maximum absolute atomic E-state index is 12.3. The average molecular weight is 354 g/mol. The molecule has 112 valence electrons. The molecule has 2 aromatic rings. The zero-order valence-corrected chi connectivity index (χ0v) is 13.3. The third-order valence-electron chi connectivity index (χ3n) is 2.60. The Morgan fingerprint density at radius 3 is 2.00 bits per heavy atom. The Morgan fingerprint density at radius 1 is 1.00 bits per heavy atom. The number of nitrogens with one attached hydrogen (secondary N) is 1. The molecule has 0 saturated heterocycles. The Bertz CT molecular complexity index is 839. The van der Waals surface area contributed by atoms with Crippen molar-refractivity contribution in [2.24, 2.45) is 5.10 Å². The molecule has 0 aromatic heterocycles. The first-order valence-corrected chi connectivity index (χ1v) is 8.17. The highest BCUT2D eigenvalue weighted by Crippen LogP contribution is 2.17. The number of nitriles is 1. The van der Waals surface area contributed by atoms with E-state index >= 15 is 0 Å². The van der Waals surface area contributed by atoms with Crippen LogP contribution in [0.4, 0.5) is 5.69 Å². The summed E-state index contributed by atoms with van der Waals surface area (Å²) in [5.74, 6) is 0. The largest absolute Gasteiger partial charge is 0.277 e. The lowest BCUT2D eigenvalue weighted by Crippen LogP contribution is -2.15. The number of halogens is 2. The van der Waals surface area contributed by atoms with Crippen molar-refractivity contribution in [2.45, 2.75) is 4.90 Å². The Labute approximate surface area is 137 Å². The van der Waals surface area contributed by atoms with Gasteiger partial charge in [0.1, 0.15) is 6.07 Å². The predicted octanol–water partition coefficient (Wildman–Crippen LogP) is 3.72. The predicted molar refractivity (Wildman–Crippen MR) is 86.8 cm³/mol. The van der Waals surface area contributed by atoms with E-state index in [0.717, 1.165) is 0 Å². The monoisotopic (exact) mass is 353 g/mol. The molecule has 0 atom stereocenters. The van der Waals surface area contributed by atoms with Crippen molar-refractivity contribution >= 4 is 43.8 Å². The van der Waals surface area contributed by atoms with Gasteiger partial charge in [0.15, 0.2) is 0 Å². The maximum Gasteiger partial charge on any atom is 0.256 e. The van der Waals surface area contributed by atoms with Gasteiger partial charge in [-0.1, -0.05) is 23.2 Å². The van der Waals surface area contributed by atoms with Crippen molar-refractivity contribution in [1.29, 1.82) is 5.26 Å². The number of benzene rings is 2. The minimum Gasteiger partial charge on any atom is -0.277 e. The van der Waals surface area contributed by atoms with Gasteiger partial charge in [0, 0.05) is 10.0 Å². The summed E-state index contributed by atoms with van der Waals surface area (Å²) >= 11 is 11.5. The highest BCUT2D eigenvalue weighted by atomic mass is 35.5. The summed E-state index contributed by atoms with van der Waals surface area (Å²) in [6.07, 6.45) is 0. The fourth-order valence-corrected chi connectivity index (χ4v) is 2.77. The molecule has 0 amide bonds. The van der Waals surface area contributed by atoms with E-state index in [0.29, 0.717) is 15.7 Å². The lowest BCUT2D eigenvalue weighted by Gasteiger charge is -2.04. The van der Waals surface area contributed by atoms with E-state index in [1.165, 1.54) is 24.3 Å². The van der Waals surface area contributed by atoms with Gasteiger partial charge in [-0.25, -0.2) is 8.42 Å². The smallest absolute Gasteiger partial charge is 0.256 e. The molecule has 2 aromatic carbocycles. The summed E-state index contributed by atoms with van der Waals surface area (Å²) in [4.78, 5) is -0.0601. The van der Waals surface area contributed by atoms with Gasteiger partial charge in [-0.2, -0.15) is 10.4 Å². The second-order valence-electron chi connectivity index (χ2n) is 4.10. The van der Waals surface area contributed by atoms with Gasteiger partial charge in [0.2, 0.25) is 9.84 Å². The highest BCUT2D eigenvalue weighted by Gasteiger charge is 2.22. The van der Waals surface area contributed by atoms with Gasteiger partial charge >= 0.3 is 0 Å². The molecule has 0 spiro atoms. The van der Waals surface area contributed by atoms with E-state index in [4.69, 9.17) is 28.5 Å². The summed E-state index contributed by atoms with van der Waals surface area (Å²) in [5, 5.41) is 13.0.